The molecule has 0 radical (unpaired) electrons. The average molecular weight is 455 g/mol. The first-order chi connectivity index (χ1) is 12.6. The molecule has 27 heavy (non-hydrogen) atoms. The summed E-state index contributed by atoms with van der Waals surface area (Å²) in [6.07, 6.45) is 1.79. The van der Waals surface area contributed by atoms with Crippen LogP contribution in [0.3, 0.4) is 0 Å². The van der Waals surface area contributed by atoms with Crippen LogP contribution in [0, 0.1) is 5.82 Å². The van der Waals surface area contributed by atoms with Gasteiger partial charge in [-0.15, -0.1) is 0 Å². The quantitative estimate of drug-likeness (QED) is 0.695. The van der Waals surface area contributed by atoms with Gasteiger partial charge in [-0.25, -0.2) is 12.8 Å². The maximum atomic E-state index is 13.1. The SMILES string of the molecule is C[C@H]1Cc2cc(Br)ccc2N1C(=O)CN(Cc1ccc(F)cc1)S(C)(=O)=O. The lowest BCUT2D eigenvalue weighted by molar-refractivity contribution is -0.119. The Hall–Kier alpha value is -1.77. The van der Waals surface area contributed by atoms with E-state index >= 15 is 0 Å². The number of hydrogen-bond acceptors (Lipinski definition) is 3. The van der Waals surface area contributed by atoms with E-state index in [1.165, 1.54) is 24.3 Å². The summed E-state index contributed by atoms with van der Waals surface area (Å²) in [6, 6.07) is 11.2. The minimum atomic E-state index is -3.61. The minimum absolute atomic E-state index is 0.0142. The molecule has 0 bridgehead atoms. The van der Waals surface area contributed by atoms with Gasteiger partial charge in [-0.2, -0.15) is 4.31 Å². The van der Waals surface area contributed by atoms with Crippen LogP contribution in [0.15, 0.2) is 46.9 Å². The van der Waals surface area contributed by atoms with Crippen molar-refractivity contribution in [3.05, 3.63) is 63.9 Å². The highest BCUT2D eigenvalue weighted by atomic mass is 79.9. The lowest BCUT2D eigenvalue weighted by Crippen LogP contribution is -2.44. The van der Waals surface area contributed by atoms with Gasteiger partial charge >= 0.3 is 0 Å². The minimum Gasteiger partial charge on any atom is -0.308 e. The number of fused-ring (bicyclic) bond motifs is 1. The highest BCUT2D eigenvalue weighted by molar-refractivity contribution is 9.10. The smallest absolute Gasteiger partial charge is 0.242 e. The third-order valence-corrected chi connectivity index (χ3v) is 6.27. The molecule has 0 aliphatic carbocycles. The molecule has 0 saturated carbocycles. The van der Waals surface area contributed by atoms with Gasteiger partial charge in [-0.3, -0.25) is 4.79 Å². The number of amides is 1. The van der Waals surface area contributed by atoms with Crippen LogP contribution in [0.5, 0.6) is 0 Å². The third kappa shape index (κ3) is 4.56. The zero-order valence-electron chi connectivity index (χ0n) is 15.0. The van der Waals surface area contributed by atoms with Crippen LogP contribution in [0.1, 0.15) is 18.1 Å². The summed E-state index contributed by atoms with van der Waals surface area (Å²) in [7, 11) is -3.61. The van der Waals surface area contributed by atoms with Crippen molar-refractivity contribution in [2.75, 3.05) is 17.7 Å². The first kappa shape index (κ1) is 20.0. The summed E-state index contributed by atoms with van der Waals surface area (Å²) in [5, 5.41) is 0. The number of carbonyl (C=O) groups is 1. The average Bonchev–Trinajstić information content (AvgIpc) is 2.90. The normalized spacial score (nSPS) is 16.6. The van der Waals surface area contributed by atoms with Gasteiger partial charge in [0.1, 0.15) is 5.82 Å². The van der Waals surface area contributed by atoms with Crippen LogP contribution in [0.25, 0.3) is 0 Å². The van der Waals surface area contributed by atoms with Crippen molar-refractivity contribution < 1.29 is 17.6 Å². The van der Waals surface area contributed by atoms with E-state index in [1.807, 2.05) is 25.1 Å². The molecule has 0 saturated heterocycles. The summed E-state index contributed by atoms with van der Waals surface area (Å²) in [6.45, 7) is 1.69. The number of hydrogen-bond donors (Lipinski definition) is 0. The first-order valence-electron chi connectivity index (χ1n) is 8.45. The molecule has 1 atom stereocenters. The Balaban J connectivity index is 1.82. The highest BCUT2D eigenvalue weighted by Crippen LogP contribution is 2.34. The van der Waals surface area contributed by atoms with Crippen molar-refractivity contribution >= 4 is 37.5 Å². The molecule has 0 aromatic heterocycles. The Kier molecular flexibility index (Phi) is 5.69. The van der Waals surface area contributed by atoms with E-state index in [-0.39, 0.29) is 25.0 Å². The Morgan fingerprint density at radius 1 is 1.26 bits per heavy atom. The molecule has 3 rings (SSSR count). The maximum absolute atomic E-state index is 13.1. The molecular formula is C19H20BrFN2O3S. The molecule has 2 aromatic rings. The van der Waals surface area contributed by atoms with Gasteiger partial charge < -0.3 is 4.90 Å². The van der Waals surface area contributed by atoms with Gasteiger partial charge in [0.05, 0.1) is 12.8 Å². The molecular weight excluding hydrogens is 435 g/mol. The molecule has 1 aliphatic rings. The molecule has 1 amide bonds. The zero-order valence-corrected chi connectivity index (χ0v) is 17.4. The number of sulfonamides is 1. The Bertz CT molecular complexity index is 963. The molecule has 144 valence electrons. The van der Waals surface area contributed by atoms with Crippen molar-refractivity contribution in [3.8, 4) is 0 Å². The molecule has 0 N–H and O–H groups in total. The Labute approximate surface area is 167 Å². The van der Waals surface area contributed by atoms with E-state index in [2.05, 4.69) is 15.9 Å². The van der Waals surface area contributed by atoms with Crippen LogP contribution in [-0.4, -0.2) is 37.5 Å². The number of rotatable bonds is 5. The van der Waals surface area contributed by atoms with Crippen molar-refractivity contribution in [1.82, 2.24) is 4.31 Å². The Morgan fingerprint density at radius 3 is 2.56 bits per heavy atom. The molecule has 0 unspecified atom stereocenters. The van der Waals surface area contributed by atoms with Crippen LogP contribution in [-0.2, 0) is 27.8 Å². The second-order valence-electron chi connectivity index (χ2n) is 6.75. The van der Waals surface area contributed by atoms with Crippen LogP contribution in [0.4, 0.5) is 10.1 Å². The zero-order chi connectivity index (χ0) is 19.8. The number of anilines is 1. The van der Waals surface area contributed by atoms with Crippen molar-refractivity contribution in [1.29, 1.82) is 0 Å². The van der Waals surface area contributed by atoms with Gasteiger partial charge in [0.25, 0.3) is 0 Å². The van der Waals surface area contributed by atoms with Gasteiger partial charge in [0, 0.05) is 22.7 Å². The van der Waals surface area contributed by atoms with E-state index in [9.17, 15) is 17.6 Å². The second kappa shape index (κ2) is 7.69. The van der Waals surface area contributed by atoms with E-state index in [4.69, 9.17) is 0 Å². The van der Waals surface area contributed by atoms with E-state index in [1.54, 1.807) is 4.90 Å². The molecule has 1 heterocycles. The fourth-order valence-electron chi connectivity index (χ4n) is 3.29. The van der Waals surface area contributed by atoms with Gasteiger partial charge in [0.2, 0.25) is 15.9 Å². The summed E-state index contributed by atoms with van der Waals surface area (Å²) >= 11 is 3.43. The van der Waals surface area contributed by atoms with Gasteiger partial charge in [-0.05, 0) is 54.8 Å². The summed E-state index contributed by atoms with van der Waals surface area (Å²) in [5.74, 6) is -0.675. The molecule has 0 fully saturated rings. The molecule has 2 aromatic carbocycles. The van der Waals surface area contributed by atoms with E-state index in [0.29, 0.717) is 5.56 Å². The molecule has 0 spiro atoms. The largest absolute Gasteiger partial charge is 0.308 e. The molecule has 1 aliphatic heterocycles. The van der Waals surface area contributed by atoms with Crippen LogP contribution >= 0.6 is 15.9 Å². The van der Waals surface area contributed by atoms with Gasteiger partial charge in [0.15, 0.2) is 0 Å². The van der Waals surface area contributed by atoms with E-state index in [0.717, 1.165) is 32.7 Å². The first-order valence-corrected chi connectivity index (χ1v) is 11.1. The monoisotopic (exact) mass is 454 g/mol. The standard InChI is InChI=1S/C19H20BrFN2O3S/c1-13-9-15-10-16(20)5-8-18(15)23(13)19(24)12-22(27(2,25)26)11-14-3-6-17(21)7-4-14/h3-8,10,13H,9,11-12H2,1-2H3/t13-/m0/s1. The lowest BCUT2D eigenvalue weighted by Gasteiger charge is -2.26. The number of halogens is 2. The Morgan fingerprint density at radius 2 is 1.93 bits per heavy atom. The summed E-state index contributed by atoms with van der Waals surface area (Å²) < 4.78 is 39.5. The highest BCUT2D eigenvalue weighted by Gasteiger charge is 2.33. The number of benzene rings is 2. The molecule has 5 nitrogen and oxygen atoms in total. The maximum Gasteiger partial charge on any atom is 0.242 e. The van der Waals surface area contributed by atoms with Gasteiger partial charge in [-0.1, -0.05) is 28.1 Å². The fraction of sp³-hybridized carbons (Fsp3) is 0.316. The van der Waals surface area contributed by atoms with E-state index < -0.39 is 15.8 Å². The van der Waals surface area contributed by atoms with Crippen molar-refractivity contribution in [2.24, 2.45) is 0 Å². The molecule has 8 heteroatoms. The lowest BCUT2D eigenvalue weighted by atomic mass is 10.1. The topological polar surface area (TPSA) is 57.7 Å². The predicted molar refractivity (Wildman–Crippen MR) is 106 cm³/mol. The van der Waals surface area contributed by atoms with Crippen LogP contribution in [0.2, 0.25) is 0 Å². The summed E-state index contributed by atoms with van der Waals surface area (Å²) in [4.78, 5) is 14.6. The number of nitrogens with zero attached hydrogens (tertiary/aromatic N) is 2. The van der Waals surface area contributed by atoms with Crippen molar-refractivity contribution in [3.63, 3.8) is 0 Å². The predicted octanol–water partition coefficient (Wildman–Crippen LogP) is 3.33. The van der Waals surface area contributed by atoms with Crippen LogP contribution < -0.4 is 4.90 Å². The fourth-order valence-corrected chi connectivity index (χ4v) is 4.43. The number of carbonyl (C=O) groups excluding carboxylic acids is 1. The third-order valence-electron chi connectivity index (χ3n) is 4.58. The van der Waals surface area contributed by atoms with Crippen molar-refractivity contribution in [2.45, 2.75) is 25.9 Å². The second-order valence-corrected chi connectivity index (χ2v) is 9.65. The summed E-state index contributed by atoms with van der Waals surface area (Å²) in [5.41, 5.74) is 2.48.